The Morgan fingerprint density at radius 3 is 2.50 bits per heavy atom. The minimum Gasteiger partial charge on any atom is -0.616 e. The summed E-state index contributed by atoms with van der Waals surface area (Å²) < 4.78 is 36.7. The van der Waals surface area contributed by atoms with Crippen LogP contribution in [0.25, 0.3) is 0 Å². The number of nitrogens with one attached hydrogen (secondary N) is 1. The van der Waals surface area contributed by atoms with Crippen molar-refractivity contribution in [2.45, 2.75) is 0 Å². The Kier molecular flexibility index (Phi) is 4.26. The lowest BCUT2D eigenvalue weighted by molar-refractivity contribution is 0.102. The van der Waals surface area contributed by atoms with Crippen molar-refractivity contribution in [2.75, 3.05) is 24.4 Å². The van der Waals surface area contributed by atoms with Crippen molar-refractivity contribution in [1.82, 2.24) is 0 Å². The minimum absolute atomic E-state index is 0.0107. The molecule has 0 radical (unpaired) electrons. The fourth-order valence-electron chi connectivity index (χ4n) is 1.25. The molecule has 0 aliphatic heterocycles. The van der Waals surface area contributed by atoms with Crippen LogP contribution in [0.15, 0.2) is 12.1 Å². The predicted octanol–water partition coefficient (Wildman–Crippen LogP) is 1.57. The van der Waals surface area contributed by atoms with Gasteiger partial charge in [0.15, 0.2) is 17.4 Å². The summed E-state index contributed by atoms with van der Waals surface area (Å²) in [4.78, 5) is 11.6. The van der Waals surface area contributed by atoms with Gasteiger partial charge in [0.25, 0.3) is 0 Å². The van der Waals surface area contributed by atoms with Gasteiger partial charge in [0.2, 0.25) is 5.78 Å². The number of anilines is 1. The zero-order valence-electron chi connectivity index (χ0n) is 8.84. The summed E-state index contributed by atoms with van der Waals surface area (Å²) in [7, 11) is 1.49. The molecule has 0 saturated carbocycles. The first-order valence-electron chi connectivity index (χ1n) is 4.45. The third-order valence-corrected chi connectivity index (χ3v) is 2.63. The van der Waals surface area contributed by atoms with Crippen molar-refractivity contribution in [1.29, 1.82) is 0 Å². The van der Waals surface area contributed by atoms with E-state index >= 15 is 0 Å². The second-order valence-electron chi connectivity index (χ2n) is 3.20. The summed E-state index contributed by atoms with van der Waals surface area (Å²) in [5, 5.41) is 2.59. The third-order valence-electron chi connectivity index (χ3n) is 1.96. The fourth-order valence-corrected chi connectivity index (χ4v) is 1.77. The molecule has 0 spiro atoms. The first-order chi connectivity index (χ1) is 7.45. The third kappa shape index (κ3) is 2.93. The van der Waals surface area contributed by atoms with Gasteiger partial charge in [-0.25, -0.2) is 8.78 Å². The van der Waals surface area contributed by atoms with Crippen LogP contribution in [0.5, 0.6) is 0 Å². The molecule has 16 heavy (non-hydrogen) atoms. The molecule has 1 rings (SSSR count). The lowest BCUT2D eigenvalue weighted by atomic mass is 10.1. The summed E-state index contributed by atoms with van der Waals surface area (Å²) in [6.45, 7) is 0. The molecule has 1 aromatic rings. The van der Waals surface area contributed by atoms with Gasteiger partial charge in [-0.15, -0.1) is 0 Å². The number of ketones is 1. The molecule has 0 heterocycles. The van der Waals surface area contributed by atoms with Crippen molar-refractivity contribution in [3.63, 3.8) is 0 Å². The van der Waals surface area contributed by atoms with E-state index in [1.807, 2.05) is 0 Å². The lowest BCUT2D eigenvalue weighted by Crippen LogP contribution is -2.16. The Labute approximate surface area is 95.0 Å². The average molecular weight is 247 g/mol. The van der Waals surface area contributed by atoms with E-state index in [1.54, 1.807) is 0 Å². The number of carbonyl (C=O) groups excluding carboxylic acids is 1. The summed E-state index contributed by atoms with van der Waals surface area (Å²) in [5.41, 5.74) is 0.200. The Balaban J connectivity index is 3.11. The highest BCUT2D eigenvalue weighted by Gasteiger charge is 2.18. The SMILES string of the molecule is CNc1cc(F)c(F)cc1C(=O)C[S+](C)[O-]. The zero-order chi connectivity index (χ0) is 12.3. The van der Waals surface area contributed by atoms with Gasteiger partial charge in [-0.05, 0) is 17.2 Å². The van der Waals surface area contributed by atoms with Gasteiger partial charge in [-0.1, -0.05) is 0 Å². The van der Waals surface area contributed by atoms with E-state index in [2.05, 4.69) is 5.32 Å². The molecule has 1 unspecified atom stereocenters. The molecule has 6 heteroatoms. The highest BCUT2D eigenvalue weighted by Crippen LogP contribution is 2.20. The molecular formula is C10H11F2NO2S. The maximum atomic E-state index is 13.0. The predicted molar refractivity (Wildman–Crippen MR) is 59.2 cm³/mol. The van der Waals surface area contributed by atoms with Gasteiger partial charge in [-0.3, -0.25) is 4.79 Å². The van der Waals surface area contributed by atoms with Gasteiger partial charge in [-0.2, -0.15) is 0 Å². The molecule has 0 aliphatic rings. The Bertz CT molecular complexity index is 410. The number of Topliss-reactive ketones (excluding diaryl/α,β-unsaturated/α-hetero) is 1. The molecule has 1 aromatic carbocycles. The number of halogens is 2. The number of carbonyl (C=O) groups is 1. The first kappa shape index (κ1) is 12.9. The maximum Gasteiger partial charge on any atom is 0.214 e. The highest BCUT2D eigenvalue weighted by atomic mass is 32.2. The van der Waals surface area contributed by atoms with Gasteiger partial charge < -0.3 is 9.87 Å². The van der Waals surface area contributed by atoms with E-state index < -0.39 is 28.6 Å². The van der Waals surface area contributed by atoms with Crippen LogP contribution in [0, 0.1) is 11.6 Å². The van der Waals surface area contributed by atoms with Crippen molar-refractivity contribution in [3.8, 4) is 0 Å². The average Bonchev–Trinajstić information content (AvgIpc) is 2.20. The molecule has 0 fully saturated rings. The van der Waals surface area contributed by atoms with Crippen molar-refractivity contribution in [3.05, 3.63) is 29.3 Å². The minimum atomic E-state index is -1.31. The summed E-state index contributed by atoms with van der Waals surface area (Å²) in [5.74, 6) is -2.81. The molecule has 88 valence electrons. The molecule has 1 atom stereocenters. The second-order valence-corrected chi connectivity index (χ2v) is 4.64. The number of hydrogen-bond acceptors (Lipinski definition) is 3. The Morgan fingerprint density at radius 2 is 2.00 bits per heavy atom. The second kappa shape index (κ2) is 5.27. The summed E-state index contributed by atoms with van der Waals surface area (Å²) in [6, 6.07) is 1.72. The normalized spacial score (nSPS) is 12.3. The van der Waals surface area contributed by atoms with Crippen LogP contribution in [0.4, 0.5) is 14.5 Å². The first-order valence-corrected chi connectivity index (χ1v) is 6.18. The lowest BCUT2D eigenvalue weighted by Gasteiger charge is -2.09. The Hall–Kier alpha value is -1.14. The van der Waals surface area contributed by atoms with Crippen molar-refractivity contribution < 1.29 is 18.1 Å². The van der Waals surface area contributed by atoms with Gasteiger partial charge in [0.05, 0.1) is 6.26 Å². The molecule has 0 aromatic heterocycles. The molecule has 1 N–H and O–H groups in total. The monoisotopic (exact) mass is 247 g/mol. The number of hydrogen-bond donors (Lipinski definition) is 1. The Morgan fingerprint density at radius 1 is 1.44 bits per heavy atom. The zero-order valence-corrected chi connectivity index (χ0v) is 9.66. The van der Waals surface area contributed by atoms with Crippen molar-refractivity contribution in [2.24, 2.45) is 0 Å². The fraction of sp³-hybridized carbons (Fsp3) is 0.300. The van der Waals surface area contributed by atoms with Gasteiger partial charge in [0.1, 0.15) is 0 Å². The van der Waals surface area contributed by atoms with Crippen LogP contribution in [-0.2, 0) is 11.2 Å². The largest absolute Gasteiger partial charge is 0.616 e. The van der Waals surface area contributed by atoms with Gasteiger partial charge in [0, 0.05) is 24.4 Å². The van der Waals surface area contributed by atoms with E-state index in [0.29, 0.717) is 0 Å². The maximum absolute atomic E-state index is 13.0. The number of benzene rings is 1. The van der Waals surface area contributed by atoms with Crippen molar-refractivity contribution >= 4 is 22.6 Å². The summed E-state index contributed by atoms with van der Waals surface area (Å²) in [6.07, 6.45) is 1.37. The molecule has 0 bridgehead atoms. The van der Waals surface area contributed by atoms with Crippen LogP contribution in [0.3, 0.4) is 0 Å². The molecular weight excluding hydrogens is 236 g/mol. The summed E-state index contributed by atoms with van der Waals surface area (Å²) >= 11 is -1.31. The van der Waals surface area contributed by atoms with Crippen LogP contribution in [0.2, 0.25) is 0 Å². The van der Waals surface area contributed by atoms with E-state index in [9.17, 15) is 18.1 Å². The highest BCUT2D eigenvalue weighted by molar-refractivity contribution is 7.91. The van der Waals surface area contributed by atoms with E-state index in [4.69, 9.17) is 0 Å². The van der Waals surface area contributed by atoms with E-state index in [1.165, 1.54) is 13.3 Å². The van der Waals surface area contributed by atoms with Crippen LogP contribution in [-0.4, -0.2) is 29.4 Å². The standard InChI is InChI=1S/C10H11F2NO2S/c1-13-9-4-8(12)7(11)3-6(9)10(14)5-16(2)15/h3-4,13H,5H2,1-2H3. The number of rotatable bonds is 4. The van der Waals surface area contributed by atoms with Crippen LogP contribution in [0.1, 0.15) is 10.4 Å². The molecule has 3 nitrogen and oxygen atoms in total. The van der Waals surface area contributed by atoms with Crippen LogP contribution < -0.4 is 5.32 Å². The molecule has 0 aliphatic carbocycles. The smallest absolute Gasteiger partial charge is 0.214 e. The van der Waals surface area contributed by atoms with E-state index in [0.717, 1.165) is 12.1 Å². The quantitative estimate of drug-likeness (QED) is 0.649. The molecule has 0 amide bonds. The van der Waals surface area contributed by atoms with E-state index in [-0.39, 0.29) is 17.0 Å². The topological polar surface area (TPSA) is 52.2 Å². The van der Waals surface area contributed by atoms with Gasteiger partial charge >= 0.3 is 0 Å². The molecule has 0 saturated heterocycles. The van der Waals surface area contributed by atoms with Crippen LogP contribution >= 0.6 is 0 Å².